The van der Waals surface area contributed by atoms with Crippen LogP contribution in [0.25, 0.3) is 0 Å². The van der Waals surface area contributed by atoms with Crippen LogP contribution in [0.4, 0.5) is 0 Å². The van der Waals surface area contributed by atoms with Crippen LogP contribution < -0.4 is 0 Å². The molecular formula is C17H32N2. The van der Waals surface area contributed by atoms with Crippen molar-refractivity contribution in [3.63, 3.8) is 0 Å². The van der Waals surface area contributed by atoms with Gasteiger partial charge in [0.05, 0.1) is 5.69 Å². The molecule has 0 bridgehead atoms. The molecule has 0 atom stereocenters. The highest BCUT2D eigenvalue weighted by Crippen LogP contribution is 2.35. The Bertz CT molecular complexity index is 405. The highest BCUT2D eigenvalue weighted by molar-refractivity contribution is 5.27. The van der Waals surface area contributed by atoms with Crippen molar-refractivity contribution in [3.8, 4) is 0 Å². The maximum atomic E-state index is 4.97. The lowest BCUT2D eigenvalue weighted by molar-refractivity contribution is 0.439. The molecular weight excluding hydrogens is 232 g/mol. The minimum atomic E-state index is 0.0860. The smallest absolute Gasteiger partial charge is 0.112 e. The molecule has 2 nitrogen and oxygen atoms in total. The minimum Gasteiger partial charge on any atom is -0.345 e. The van der Waals surface area contributed by atoms with Gasteiger partial charge in [0.15, 0.2) is 0 Å². The van der Waals surface area contributed by atoms with Gasteiger partial charge in [-0.1, -0.05) is 68.2 Å². The van der Waals surface area contributed by atoms with Gasteiger partial charge in [-0.2, -0.15) is 0 Å². The zero-order valence-corrected chi connectivity index (χ0v) is 14.1. The molecule has 19 heavy (non-hydrogen) atoms. The van der Waals surface area contributed by atoms with Gasteiger partial charge < -0.3 is 4.98 Å². The Morgan fingerprint density at radius 1 is 1.11 bits per heavy atom. The van der Waals surface area contributed by atoms with Crippen molar-refractivity contribution in [2.45, 2.75) is 91.4 Å². The van der Waals surface area contributed by atoms with Crippen LogP contribution in [-0.4, -0.2) is 9.97 Å². The van der Waals surface area contributed by atoms with Gasteiger partial charge in [-0.15, -0.1) is 0 Å². The van der Waals surface area contributed by atoms with E-state index in [1.165, 1.54) is 30.7 Å². The Morgan fingerprint density at radius 2 is 1.68 bits per heavy atom. The highest BCUT2D eigenvalue weighted by Gasteiger charge is 2.30. The molecule has 0 aromatic carbocycles. The summed E-state index contributed by atoms with van der Waals surface area (Å²) in [7, 11) is 0. The maximum absolute atomic E-state index is 4.97. The standard InChI is InChI=1S/C17H32N2/c1-9-10-11-17(7,8)14-13(12(2)3)18-15(19-14)16(4,5)6/h12H,9-11H2,1-8H3,(H,18,19). The minimum absolute atomic E-state index is 0.0860. The first-order chi connectivity index (χ1) is 8.59. The predicted molar refractivity (Wildman–Crippen MR) is 83.9 cm³/mol. The summed E-state index contributed by atoms with van der Waals surface area (Å²) in [4.78, 5) is 8.56. The van der Waals surface area contributed by atoms with Crippen LogP contribution in [0.3, 0.4) is 0 Å². The average Bonchev–Trinajstić information content (AvgIpc) is 2.71. The molecule has 0 spiro atoms. The lowest BCUT2D eigenvalue weighted by Crippen LogP contribution is -2.20. The quantitative estimate of drug-likeness (QED) is 0.768. The Morgan fingerprint density at radius 3 is 2.11 bits per heavy atom. The van der Waals surface area contributed by atoms with Crippen LogP contribution in [-0.2, 0) is 10.8 Å². The van der Waals surface area contributed by atoms with Crippen molar-refractivity contribution < 1.29 is 0 Å². The van der Waals surface area contributed by atoms with E-state index in [1.807, 2.05) is 0 Å². The van der Waals surface area contributed by atoms with Crippen molar-refractivity contribution in [1.29, 1.82) is 0 Å². The predicted octanol–water partition coefficient (Wildman–Crippen LogP) is 5.30. The molecule has 0 fully saturated rings. The van der Waals surface area contributed by atoms with Gasteiger partial charge in [-0.3, -0.25) is 0 Å². The third-order valence-electron chi connectivity index (χ3n) is 3.82. The zero-order chi connectivity index (χ0) is 14.8. The topological polar surface area (TPSA) is 28.7 Å². The van der Waals surface area contributed by atoms with Gasteiger partial charge in [-0.25, -0.2) is 4.98 Å². The summed E-state index contributed by atoms with van der Waals surface area (Å²) >= 11 is 0. The van der Waals surface area contributed by atoms with E-state index in [-0.39, 0.29) is 10.8 Å². The molecule has 0 saturated carbocycles. The molecule has 1 aromatic heterocycles. The fraction of sp³-hybridized carbons (Fsp3) is 0.824. The number of imidazole rings is 1. The lowest BCUT2D eigenvalue weighted by Gasteiger charge is -2.25. The highest BCUT2D eigenvalue weighted by atomic mass is 15.0. The number of aromatic nitrogens is 2. The summed E-state index contributed by atoms with van der Waals surface area (Å²) in [6.07, 6.45) is 3.72. The Balaban J connectivity index is 3.21. The number of H-pyrrole nitrogens is 1. The van der Waals surface area contributed by atoms with E-state index in [1.54, 1.807) is 0 Å². The fourth-order valence-electron chi connectivity index (χ4n) is 2.41. The van der Waals surface area contributed by atoms with Crippen LogP contribution in [0.5, 0.6) is 0 Å². The zero-order valence-electron chi connectivity index (χ0n) is 14.1. The number of hydrogen-bond acceptors (Lipinski definition) is 1. The second kappa shape index (κ2) is 5.68. The summed E-state index contributed by atoms with van der Waals surface area (Å²) in [6, 6.07) is 0. The SMILES string of the molecule is CCCCC(C)(C)c1nc(C(C)(C)C)[nH]c1C(C)C. The van der Waals surface area contributed by atoms with Crippen molar-refractivity contribution in [2.24, 2.45) is 0 Å². The Labute approximate surface area is 119 Å². The third kappa shape index (κ3) is 3.84. The van der Waals surface area contributed by atoms with Crippen molar-refractivity contribution in [1.82, 2.24) is 9.97 Å². The van der Waals surface area contributed by atoms with E-state index in [9.17, 15) is 0 Å². The average molecular weight is 264 g/mol. The van der Waals surface area contributed by atoms with E-state index in [4.69, 9.17) is 4.98 Å². The number of hydrogen-bond donors (Lipinski definition) is 1. The van der Waals surface area contributed by atoms with Crippen molar-refractivity contribution >= 4 is 0 Å². The largest absolute Gasteiger partial charge is 0.345 e. The van der Waals surface area contributed by atoms with Crippen LogP contribution in [0.15, 0.2) is 0 Å². The van der Waals surface area contributed by atoms with Gasteiger partial charge in [0.2, 0.25) is 0 Å². The molecule has 0 aliphatic rings. The number of nitrogens with one attached hydrogen (secondary N) is 1. The van der Waals surface area contributed by atoms with Crippen LogP contribution in [0.2, 0.25) is 0 Å². The molecule has 110 valence electrons. The van der Waals surface area contributed by atoms with E-state index in [2.05, 4.69) is 60.4 Å². The first-order valence-electron chi connectivity index (χ1n) is 7.70. The van der Waals surface area contributed by atoms with Gasteiger partial charge in [0.25, 0.3) is 0 Å². The maximum Gasteiger partial charge on any atom is 0.112 e. The molecule has 0 saturated heterocycles. The first kappa shape index (κ1) is 16.3. The fourth-order valence-corrected chi connectivity index (χ4v) is 2.41. The van der Waals surface area contributed by atoms with Gasteiger partial charge >= 0.3 is 0 Å². The normalized spacial score (nSPS) is 13.3. The second-order valence-corrected chi connectivity index (χ2v) is 7.74. The van der Waals surface area contributed by atoms with Gasteiger partial charge in [0, 0.05) is 16.5 Å². The molecule has 0 aliphatic heterocycles. The van der Waals surface area contributed by atoms with Crippen LogP contribution in [0, 0.1) is 0 Å². The van der Waals surface area contributed by atoms with E-state index >= 15 is 0 Å². The Kier molecular flexibility index (Phi) is 4.86. The second-order valence-electron chi connectivity index (χ2n) is 7.74. The van der Waals surface area contributed by atoms with Gasteiger partial charge in [0.1, 0.15) is 5.82 Å². The van der Waals surface area contributed by atoms with Crippen LogP contribution >= 0.6 is 0 Å². The monoisotopic (exact) mass is 264 g/mol. The summed E-state index contributed by atoms with van der Waals surface area (Å²) in [5, 5.41) is 0. The molecule has 0 radical (unpaired) electrons. The first-order valence-corrected chi connectivity index (χ1v) is 7.70. The molecule has 1 N–H and O–H groups in total. The summed E-state index contributed by atoms with van der Waals surface area (Å²) in [5.74, 6) is 1.62. The number of aromatic amines is 1. The van der Waals surface area contributed by atoms with Crippen molar-refractivity contribution in [2.75, 3.05) is 0 Å². The summed E-state index contributed by atoms with van der Waals surface area (Å²) in [5.41, 5.74) is 2.85. The summed E-state index contributed by atoms with van der Waals surface area (Å²) < 4.78 is 0. The number of rotatable bonds is 5. The molecule has 1 heterocycles. The van der Waals surface area contributed by atoms with E-state index < -0.39 is 0 Å². The van der Waals surface area contributed by atoms with Crippen LogP contribution in [0.1, 0.15) is 97.8 Å². The number of unbranched alkanes of at least 4 members (excludes halogenated alkanes) is 1. The molecule has 1 rings (SSSR count). The number of nitrogens with zero attached hydrogens (tertiary/aromatic N) is 1. The molecule has 1 aromatic rings. The van der Waals surface area contributed by atoms with Gasteiger partial charge in [-0.05, 0) is 12.3 Å². The summed E-state index contributed by atoms with van der Waals surface area (Å²) in [6.45, 7) is 18.1. The van der Waals surface area contributed by atoms with E-state index in [0.717, 1.165) is 5.82 Å². The molecule has 0 amide bonds. The Hall–Kier alpha value is -0.790. The van der Waals surface area contributed by atoms with E-state index in [0.29, 0.717) is 5.92 Å². The lowest BCUT2D eigenvalue weighted by atomic mass is 9.81. The third-order valence-corrected chi connectivity index (χ3v) is 3.82. The molecule has 0 unspecified atom stereocenters. The molecule has 2 heteroatoms. The van der Waals surface area contributed by atoms with Crippen molar-refractivity contribution in [3.05, 3.63) is 17.2 Å². The molecule has 0 aliphatic carbocycles.